The van der Waals surface area contributed by atoms with Gasteiger partial charge in [0.15, 0.2) is 11.5 Å². The van der Waals surface area contributed by atoms with Gasteiger partial charge < -0.3 is 24.3 Å². The minimum absolute atomic E-state index is 0.112. The zero-order chi connectivity index (χ0) is 23.6. The third-order valence-electron chi connectivity index (χ3n) is 5.19. The molecule has 1 N–H and O–H groups in total. The van der Waals surface area contributed by atoms with Crippen LogP contribution in [0.3, 0.4) is 0 Å². The zero-order valence-electron chi connectivity index (χ0n) is 19.5. The molecule has 0 heterocycles. The van der Waals surface area contributed by atoms with E-state index in [0.717, 1.165) is 11.1 Å². The number of carbonyl (C=O) groups is 2. The minimum atomic E-state index is -1.75. The van der Waals surface area contributed by atoms with Gasteiger partial charge in [0.2, 0.25) is 5.60 Å². The molecular formula is C25H33NO6. The summed E-state index contributed by atoms with van der Waals surface area (Å²) < 4.78 is 21.8. The third-order valence-corrected chi connectivity index (χ3v) is 5.19. The molecule has 0 aliphatic rings. The van der Waals surface area contributed by atoms with Gasteiger partial charge in [0.05, 0.1) is 27.4 Å². The van der Waals surface area contributed by atoms with Gasteiger partial charge in [-0.25, -0.2) is 4.79 Å². The summed E-state index contributed by atoms with van der Waals surface area (Å²) in [6.07, 6.45) is 0.543. The summed E-state index contributed by atoms with van der Waals surface area (Å²) in [4.78, 5) is 26.2. The molecular weight excluding hydrogens is 410 g/mol. The Balaban J connectivity index is 2.15. The van der Waals surface area contributed by atoms with Gasteiger partial charge in [0.25, 0.3) is 5.91 Å². The van der Waals surface area contributed by atoms with Crippen molar-refractivity contribution in [3.8, 4) is 11.5 Å². The summed E-state index contributed by atoms with van der Waals surface area (Å²) in [5.74, 6) is -0.385. The first-order valence-electron chi connectivity index (χ1n) is 10.7. The largest absolute Gasteiger partial charge is 0.493 e. The Morgan fingerprint density at radius 2 is 1.66 bits per heavy atom. The summed E-state index contributed by atoms with van der Waals surface area (Å²) in [5.41, 5.74) is 0.0723. The lowest BCUT2D eigenvalue weighted by atomic mass is 9.88. The van der Waals surface area contributed by atoms with Crippen LogP contribution in [-0.2, 0) is 32.1 Å². The van der Waals surface area contributed by atoms with E-state index in [-0.39, 0.29) is 13.2 Å². The van der Waals surface area contributed by atoms with E-state index in [4.69, 9.17) is 18.9 Å². The Hall–Kier alpha value is -3.06. The highest BCUT2D eigenvalue weighted by atomic mass is 16.6. The molecule has 0 aliphatic heterocycles. The highest BCUT2D eigenvalue weighted by Gasteiger charge is 2.51. The second kappa shape index (κ2) is 12.1. The van der Waals surface area contributed by atoms with Crippen LogP contribution >= 0.6 is 0 Å². The van der Waals surface area contributed by atoms with Crippen molar-refractivity contribution in [3.05, 3.63) is 59.7 Å². The highest BCUT2D eigenvalue weighted by Crippen LogP contribution is 2.28. The first kappa shape index (κ1) is 25.2. The molecule has 0 radical (unpaired) electrons. The van der Waals surface area contributed by atoms with Gasteiger partial charge in [-0.05, 0) is 36.6 Å². The van der Waals surface area contributed by atoms with Crippen LogP contribution in [0.15, 0.2) is 48.5 Å². The number of methoxy groups -OCH3 is 2. The molecule has 174 valence electrons. The predicted molar refractivity (Wildman–Crippen MR) is 122 cm³/mol. The van der Waals surface area contributed by atoms with E-state index >= 15 is 0 Å². The molecule has 2 aromatic carbocycles. The zero-order valence-corrected chi connectivity index (χ0v) is 19.5. The highest BCUT2D eigenvalue weighted by molar-refractivity contribution is 6.06. The Bertz CT molecular complexity index is 883. The molecule has 2 aromatic rings. The average Bonchev–Trinajstić information content (AvgIpc) is 2.80. The molecule has 0 spiro atoms. The van der Waals surface area contributed by atoms with E-state index in [1.807, 2.05) is 48.5 Å². The van der Waals surface area contributed by atoms with Crippen LogP contribution in [-0.4, -0.2) is 44.8 Å². The van der Waals surface area contributed by atoms with Crippen molar-refractivity contribution in [3.63, 3.8) is 0 Å². The Labute approximate surface area is 190 Å². The molecule has 0 saturated heterocycles. The SMILES string of the molecule is CCOC(=O)C(OCc1ccccc1)(C(=O)NCCc1ccc(OC)c(OC)c1)C(C)C. The summed E-state index contributed by atoms with van der Waals surface area (Å²) in [7, 11) is 3.15. The fourth-order valence-electron chi connectivity index (χ4n) is 3.38. The number of nitrogens with one attached hydrogen (secondary N) is 1. The van der Waals surface area contributed by atoms with Gasteiger partial charge >= 0.3 is 5.97 Å². The standard InChI is InChI=1S/C25H33NO6/c1-6-31-24(28)25(18(2)3,32-17-20-10-8-7-9-11-20)23(27)26-15-14-19-12-13-21(29-4)22(16-19)30-5/h7-13,16,18H,6,14-15,17H2,1-5H3,(H,26,27). The van der Waals surface area contributed by atoms with E-state index in [2.05, 4.69) is 5.32 Å². The number of benzene rings is 2. The van der Waals surface area contributed by atoms with Crippen molar-refractivity contribution in [2.45, 2.75) is 39.4 Å². The van der Waals surface area contributed by atoms with E-state index in [0.29, 0.717) is 24.5 Å². The number of hydrogen-bond donors (Lipinski definition) is 1. The van der Waals surface area contributed by atoms with Crippen molar-refractivity contribution in [2.75, 3.05) is 27.4 Å². The first-order chi connectivity index (χ1) is 15.4. The molecule has 0 aliphatic carbocycles. The van der Waals surface area contributed by atoms with E-state index in [9.17, 15) is 9.59 Å². The smallest absolute Gasteiger partial charge is 0.348 e. The molecule has 7 heteroatoms. The number of ether oxygens (including phenoxy) is 4. The molecule has 7 nitrogen and oxygen atoms in total. The lowest BCUT2D eigenvalue weighted by Gasteiger charge is -2.33. The maximum Gasteiger partial charge on any atom is 0.348 e. The average molecular weight is 444 g/mol. The quantitative estimate of drug-likeness (QED) is 0.399. The van der Waals surface area contributed by atoms with Crippen LogP contribution in [0, 0.1) is 5.92 Å². The lowest BCUT2D eigenvalue weighted by Crippen LogP contribution is -2.59. The van der Waals surface area contributed by atoms with Crippen molar-refractivity contribution in [1.29, 1.82) is 0 Å². The lowest BCUT2D eigenvalue weighted by molar-refractivity contribution is -0.186. The van der Waals surface area contributed by atoms with Crippen LogP contribution in [0.2, 0.25) is 0 Å². The molecule has 1 atom stereocenters. The summed E-state index contributed by atoms with van der Waals surface area (Å²) in [6, 6.07) is 15.0. The van der Waals surface area contributed by atoms with Crippen molar-refractivity contribution >= 4 is 11.9 Å². The van der Waals surface area contributed by atoms with E-state index < -0.39 is 23.4 Å². The normalized spacial score (nSPS) is 12.7. The molecule has 0 saturated carbocycles. The van der Waals surface area contributed by atoms with Crippen LogP contribution < -0.4 is 14.8 Å². The summed E-state index contributed by atoms with van der Waals surface area (Å²) in [5, 5.41) is 2.86. The molecule has 0 bridgehead atoms. The molecule has 0 fully saturated rings. The number of amides is 1. The predicted octanol–water partition coefficient (Wildman–Crippen LogP) is 3.54. The molecule has 1 amide bonds. The summed E-state index contributed by atoms with van der Waals surface area (Å²) >= 11 is 0. The molecule has 1 unspecified atom stereocenters. The third kappa shape index (κ3) is 6.01. The van der Waals surface area contributed by atoms with Crippen molar-refractivity contribution < 1.29 is 28.5 Å². The van der Waals surface area contributed by atoms with Crippen LogP contribution in [0.1, 0.15) is 31.9 Å². The molecule has 2 rings (SSSR count). The van der Waals surface area contributed by atoms with Crippen molar-refractivity contribution in [1.82, 2.24) is 5.32 Å². The fourth-order valence-corrected chi connectivity index (χ4v) is 3.38. The molecule has 32 heavy (non-hydrogen) atoms. The van der Waals surface area contributed by atoms with Gasteiger partial charge in [-0.2, -0.15) is 0 Å². The topological polar surface area (TPSA) is 83.1 Å². The fraction of sp³-hybridized carbons (Fsp3) is 0.440. The van der Waals surface area contributed by atoms with Crippen LogP contribution in [0.25, 0.3) is 0 Å². The van der Waals surface area contributed by atoms with Gasteiger partial charge in [-0.1, -0.05) is 50.2 Å². The summed E-state index contributed by atoms with van der Waals surface area (Å²) in [6.45, 7) is 5.83. The van der Waals surface area contributed by atoms with Crippen LogP contribution in [0.4, 0.5) is 0 Å². The number of rotatable bonds is 12. The monoisotopic (exact) mass is 443 g/mol. The Morgan fingerprint density at radius 1 is 0.969 bits per heavy atom. The molecule has 0 aromatic heterocycles. The number of carbonyl (C=O) groups excluding carboxylic acids is 2. The van der Waals surface area contributed by atoms with Gasteiger partial charge in [0, 0.05) is 12.5 Å². The first-order valence-corrected chi connectivity index (χ1v) is 10.7. The Morgan fingerprint density at radius 3 is 2.25 bits per heavy atom. The van der Waals surface area contributed by atoms with E-state index in [1.165, 1.54) is 0 Å². The number of esters is 1. The second-order valence-electron chi connectivity index (χ2n) is 7.58. The Kier molecular flexibility index (Phi) is 9.53. The van der Waals surface area contributed by atoms with Crippen molar-refractivity contribution in [2.24, 2.45) is 5.92 Å². The second-order valence-corrected chi connectivity index (χ2v) is 7.58. The van der Waals surface area contributed by atoms with Gasteiger partial charge in [-0.15, -0.1) is 0 Å². The van der Waals surface area contributed by atoms with Gasteiger partial charge in [-0.3, -0.25) is 4.79 Å². The van der Waals surface area contributed by atoms with E-state index in [1.54, 1.807) is 35.0 Å². The van der Waals surface area contributed by atoms with Crippen LogP contribution in [0.5, 0.6) is 11.5 Å². The number of hydrogen-bond acceptors (Lipinski definition) is 6. The maximum absolute atomic E-state index is 13.3. The maximum atomic E-state index is 13.3. The minimum Gasteiger partial charge on any atom is -0.493 e. The van der Waals surface area contributed by atoms with Gasteiger partial charge in [0.1, 0.15) is 0 Å².